The van der Waals surface area contributed by atoms with Gasteiger partial charge in [0.2, 0.25) is 5.91 Å². The lowest BCUT2D eigenvalue weighted by molar-refractivity contribution is -0.117. The number of benzene rings is 1. The van der Waals surface area contributed by atoms with Crippen LogP contribution in [0, 0.1) is 13.8 Å². The highest BCUT2D eigenvalue weighted by atomic mass is 79.9. The molecule has 25 heavy (non-hydrogen) atoms. The summed E-state index contributed by atoms with van der Waals surface area (Å²) in [7, 11) is 1.69. The Morgan fingerprint density at radius 3 is 2.76 bits per heavy atom. The maximum absolute atomic E-state index is 12.7. The van der Waals surface area contributed by atoms with Crippen LogP contribution in [0.1, 0.15) is 17.0 Å². The van der Waals surface area contributed by atoms with Crippen LogP contribution in [0.4, 0.5) is 5.69 Å². The normalized spacial score (nSPS) is 11.1. The number of H-pyrrole nitrogens is 1. The Bertz CT molecular complexity index is 1040. The molecule has 1 aromatic carbocycles. The Labute approximate surface area is 157 Å². The standard InChI is InChI=1S/C17H16BrClN4O2/c1-9-12(10(2)23-15(20-9)8-16(24)21-23)7-17(25)22(3)14-5-4-11(18)6-13(14)19/h4-6,8H,7H2,1-3H3,(H,21,24). The summed E-state index contributed by atoms with van der Waals surface area (Å²) in [6, 6.07) is 6.79. The second-order valence-corrected chi connectivity index (χ2v) is 7.12. The number of aryl methyl sites for hydroxylation is 2. The molecule has 3 aromatic rings. The number of amides is 1. The summed E-state index contributed by atoms with van der Waals surface area (Å²) in [5.41, 5.74) is 3.24. The highest BCUT2D eigenvalue weighted by Gasteiger charge is 2.19. The predicted octanol–water partition coefficient (Wildman–Crippen LogP) is 3.26. The van der Waals surface area contributed by atoms with Gasteiger partial charge in [0.15, 0.2) is 5.65 Å². The van der Waals surface area contributed by atoms with Gasteiger partial charge < -0.3 is 4.90 Å². The lowest BCUT2D eigenvalue weighted by Gasteiger charge is -2.20. The quantitative estimate of drug-likeness (QED) is 0.703. The second kappa shape index (κ2) is 6.65. The first-order chi connectivity index (χ1) is 11.8. The molecule has 0 unspecified atom stereocenters. The van der Waals surface area contributed by atoms with Crippen LogP contribution >= 0.6 is 27.5 Å². The van der Waals surface area contributed by atoms with Gasteiger partial charge in [-0.3, -0.25) is 14.7 Å². The number of halogens is 2. The number of aromatic nitrogens is 3. The van der Waals surface area contributed by atoms with Crippen molar-refractivity contribution in [1.29, 1.82) is 0 Å². The third kappa shape index (κ3) is 3.34. The van der Waals surface area contributed by atoms with Crippen LogP contribution in [0.25, 0.3) is 5.65 Å². The molecule has 0 aliphatic heterocycles. The van der Waals surface area contributed by atoms with Crippen molar-refractivity contribution in [3.8, 4) is 0 Å². The van der Waals surface area contributed by atoms with Crippen molar-refractivity contribution < 1.29 is 4.79 Å². The number of hydrogen-bond donors (Lipinski definition) is 1. The Morgan fingerprint density at radius 2 is 2.08 bits per heavy atom. The minimum atomic E-state index is -0.225. The number of likely N-dealkylation sites (N-methyl/N-ethyl adjacent to an activating group) is 1. The van der Waals surface area contributed by atoms with Gasteiger partial charge in [0.1, 0.15) is 0 Å². The summed E-state index contributed by atoms with van der Waals surface area (Å²) in [6.45, 7) is 3.69. The number of anilines is 1. The maximum atomic E-state index is 12.7. The number of rotatable bonds is 3. The first-order valence-electron chi connectivity index (χ1n) is 7.57. The molecule has 1 amide bonds. The molecule has 0 spiro atoms. The molecule has 3 rings (SSSR count). The zero-order chi connectivity index (χ0) is 18.3. The van der Waals surface area contributed by atoms with E-state index in [2.05, 4.69) is 26.0 Å². The van der Waals surface area contributed by atoms with E-state index < -0.39 is 0 Å². The van der Waals surface area contributed by atoms with E-state index in [4.69, 9.17) is 11.6 Å². The van der Waals surface area contributed by atoms with E-state index in [0.717, 1.165) is 21.4 Å². The first kappa shape index (κ1) is 17.7. The largest absolute Gasteiger partial charge is 0.314 e. The monoisotopic (exact) mass is 422 g/mol. The van der Waals surface area contributed by atoms with Crippen molar-refractivity contribution in [3.05, 3.63) is 61.1 Å². The van der Waals surface area contributed by atoms with Gasteiger partial charge in [-0.1, -0.05) is 27.5 Å². The number of hydrogen-bond acceptors (Lipinski definition) is 3. The van der Waals surface area contributed by atoms with Crippen LogP contribution in [0.2, 0.25) is 5.02 Å². The number of carbonyl (C=O) groups excluding carboxylic acids is 1. The molecule has 0 aliphatic carbocycles. The highest BCUT2D eigenvalue weighted by molar-refractivity contribution is 9.10. The minimum Gasteiger partial charge on any atom is -0.314 e. The molecule has 0 atom stereocenters. The summed E-state index contributed by atoms with van der Waals surface area (Å²) < 4.78 is 2.45. The Kier molecular flexibility index (Phi) is 4.71. The molecule has 2 aromatic heterocycles. The van der Waals surface area contributed by atoms with Gasteiger partial charge in [-0.25, -0.2) is 9.50 Å². The SMILES string of the molecule is Cc1nc2cc(=O)[nH]n2c(C)c1CC(=O)N(C)c1ccc(Br)cc1Cl. The molecule has 0 bridgehead atoms. The molecule has 0 radical (unpaired) electrons. The van der Waals surface area contributed by atoms with E-state index in [9.17, 15) is 9.59 Å². The lowest BCUT2D eigenvalue weighted by Crippen LogP contribution is -2.29. The zero-order valence-corrected chi connectivity index (χ0v) is 16.3. The van der Waals surface area contributed by atoms with Crippen molar-refractivity contribution in [3.63, 3.8) is 0 Å². The molecule has 0 saturated carbocycles. The third-order valence-electron chi connectivity index (χ3n) is 4.18. The second-order valence-electron chi connectivity index (χ2n) is 5.80. The lowest BCUT2D eigenvalue weighted by atomic mass is 10.1. The topological polar surface area (TPSA) is 70.5 Å². The number of carbonyl (C=O) groups is 1. The molecule has 0 saturated heterocycles. The molecule has 0 aliphatic rings. The first-order valence-corrected chi connectivity index (χ1v) is 8.74. The smallest absolute Gasteiger partial charge is 0.266 e. The molecule has 8 heteroatoms. The molecular formula is C17H16BrClN4O2. The number of aromatic amines is 1. The van der Waals surface area contributed by atoms with Gasteiger partial charge in [-0.05, 0) is 32.0 Å². The fourth-order valence-electron chi connectivity index (χ4n) is 2.77. The summed E-state index contributed by atoms with van der Waals surface area (Å²) in [5.74, 6) is -0.119. The molecule has 2 heterocycles. The van der Waals surface area contributed by atoms with Crippen molar-refractivity contribution in [2.45, 2.75) is 20.3 Å². The average molecular weight is 424 g/mol. The van der Waals surface area contributed by atoms with E-state index in [-0.39, 0.29) is 17.9 Å². The third-order valence-corrected chi connectivity index (χ3v) is 4.97. The number of nitrogens with zero attached hydrogens (tertiary/aromatic N) is 3. The fourth-order valence-corrected chi connectivity index (χ4v) is 3.57. The van der Waals surface area contributed by atoms with Gasteiger partial charge >= 0.3 is 0 Å². The van der Waals surface area contributed by atoms with Gasteiger partial charge in [-0.2, -0.15) is 0 Å². The van der Waals surface area contributed by atoms with Gasteiger partial charge in [0.25, 0.3) is 5.56 Å². The average Bonchev–Trinajstić information content (AvgIpc) is 2.91. The maximum Gasteiger partial charge on any atom is 0.266 e. The van der Waals surface area contributed by atoms with E-state index in [1.54, 1.807) is 23.7 Å². The Morgan fingerprint density at radius 1 is 1.36 bits per heavy atom. The molecule has 0 fully saturated rings. The van der Waals surface area contributed by atoms with Crippen LogP contribution in [-0.4, -0.2) is 27.6 Å². The zero-order valence-electron chi connectivity index (χ0n) is 13.9. The van der Waals surface area contributed by atoms with Crippen LogP contribution in [-0.2, 0) is 11.2 Å². The van der Waals surface area contributed by atoms with E-state index in [1.807, 2.05) is 19.9 Å². The summed E-state index contributed by atoms with van der Waals surface area (Å²) >= 11 is 9.59. The van der Waals surface area contributed by atoms with E-state index in [1.165, 1.54) is 11.0 Å². The summed E-state index contributed by atoms with van der Waals surface area (Å²) in [4.78, 5) is 30.2. The molecule has 6 nitrogen and oxygen atoms in total. The minimum absolute atomic E-state index is 0.119. The molecular weight excluding hydrogens is 408 g/mol. The summed E-state index contributed by atoms with van der Waals surface area (Å²) in [5, 5.41) is 3.18. The van der Waals surface area contributed by atoms with Gasteiger partial charge in [0.05, 0.1) is 17.1 Å². The van der Waals surface area contributed by atoms with Crippen LogP contribution < -0.4 is 10.5 Å². The van der Waals surface area contributed by atoms with Crippen LogP contribution in [0.5, 0.6) is 0 Å². The van der Waals surface area contributed by atoms with Crippen molar-refractivity contribution in [2.24, 2.45) is 0 Å². The van der Waals surface area contributed by atoms with Crippen molar-refractivity contribution in [1.82, 2.24) is 14.6 Å². The van der Waals surface area contributed by atoms with Gasteiger partial charge in [0, 0.05) is 34.5 Å². The van der Waals surface area contributed by atoms with Crippen LogP contribution in [0.3, 0.4) is 0 Å². The molecule has 1 N–H and O–H groups in total. The fraction of sp³-hybridized carbons (Fsp3) is 0.235. The Hall–Kier alpha value is -2.12. The van der Waals surface area contributed by atoms with Gasteiger partial charge in [-0.15, -0.1) is 0 Å². The number of nitrogens with one attached hydrogen (secondary N) is 1. The highest BCUT2D eigenvalue weighted by Crippen LogP contribution is 2.29. The van der Waals surface area contributed by atoms with Crippen LogP contribution in [0.15, 0.2) is 33.5 Å². The number of fused-ring (bicyclic) bond motifs is 1. The Balaban J connectivity index is 1.95. The van der Waals surface area contributed by atoms with Crippen molar-refractivity contribution in [2.75, 3.05) is 11.9 Å². The van der Waals surface area contributed by atoms with Crippen molar-refractivity contribution >= 4 is 44.8 Å². The summed E-state index contributed by atoms with van der Waals surface area (Å²) in [6.07, 6.45) is 0.156. The predicted molar refractivity (Wildman–Crippen MR) is 102 cm³/mol. The molecule has 130 valence electrons. The van der Waals surface area contributed by atoms with E-state index in [0.29, 0.717) is 16.4 Å². The van der Waals surface area contributed by atoms with E-state index >= 15 is 0 Å².